The van der Waals surface area contributed by atoms with E-state index in [1.165, 1.54) is 16.2 Å². The molecule has 0 aliphatic carbocycles. The van der Waals surface area contributed by atoms with Crippen molar-refractivity contribution in [3.05, 3.63) is 29.3 Å². The number of ether oxygens (including phenoxy) is 1. The van der Waals surface area contributed by atoms with E-state index in [0.717, 1.165) is 4.88 Å². The van der Waals surface area contributed by atoms with Gasteiger partial charge in [0, 0.05) is 19.8 Å². The average Bonchev–Trinajstić information content (AvgIpc) is 3.15. The van der Waals surface area contributed by atoms with Crippen LogP contribution in [0.15, 0.2) is 23.7 Å². The van der Waals surface area contributed by atoms with Crippen molar-refractivity contribution in [3.8, 4) is 10.6 Å². The van der Waals surface area contributed by atoms with Crippen LogP contribution in [0.4, 0.5) is 0 Å². The Morgan fingerprint density at radius 3 is 3.00 bits per heavy atom. The van der Waals surface area contributed by atoms with Crippen LogP contribution in [-0.4, -0.2) is 57.5 Å². The van der Waals surface area contributed by atoms with Gasteiger partial charge in [0.05, 0.1) is 23.6 Å². The molecule has 22 heavy (non-hydrogen) atoms. The van der Waals surface area contributed by atoms with E-state index in [-0.39, 0.29) is 19.1 Å². The fourth-order valence-corrected chi connectivity index (χ4v) is 3.12. The molecule has 1 atom stereocenters. The minimum Gasteiger partial charge on any atom is -0.479 e. The zero-order chi connectivity index (χ0) is 15.7. The molecule has 1 saturated heterocycles. The largest absolute Gasteiger partial charge is 0.479 e. The Balaban J connectivity index is 1.88. The fraction of sp³-hybridized carbons (Fsp3) is 0.357. The summed E-state index contributed by atoms with van der Waals surface area (Å²) < 4.78 is 6.75. The number of hydrogen-bond acceptors (Lipinski definition) is 5. The van der Waals surface area contributed by atoms with Crippen LogP contribution in [0.1, 0.15) is 10.4 Å². The molecular formula is C14H15N3O4S. The SMILES string of the molecule is Cn1cc(C(=O)N2CCOC(C(=O)O)C2)c(-c2cccs2)n1. The van der Waals surface area contributed by atoms with E-state index >= 15 is 0 Å². The number of nitrogens with zero attached hydrogens (tertiary/aromatic N) is 3. The smallest absolute Gasteiger partial charge is 0.334 e. The Kier molecular flexibility index (Phi) is 3.95. The molecule has 0 aromatic carbocycles. The van der Waals surface area contributed by atoms with Crippen molar-refractivity contribution in [2.24, 2.45) is 7.05 Å². The van der Waals surface area contributed by atoms with Crippen molar-refractivity contribution in [1.82, 2.24) is 14.7 Å². The number of carboxylic acid groups (broad SMARTS) is 1. The van der Waals surface area contributed by atoms with Crippen LogP contribution in [0.5, 0.6) is 0 Å². The third kappa shape index (κ3) is 2.75. The van der Waals surface area contributed by atoms with Crippen LogP contribution < -0.4 is 0 Å². The first-order valence-corrected chi connectivity index (χ1v) is 7.65. The number of thiophene rings is 1. The maximum absolute atomic E-state index is 12.7. The Hall–Kier alpha value is -2.19. The summed E-state index contributed by atoms with van der Waals surface area (Å²) in [5.74, 6) is -1.27. The molecule has 7 nitrogen and oxygen atoms in total. The predicted molar refractivity (Wildman–Crippen MR) is 79.8 cm³/mol. The lowest BCUT2D eigenvalue weighted by molar-refractivity contribution is -0.154. The Labute approximate surface area is 130 Å². The van der Waals surface area contributed by atoms with E-state index in [4.69, 9.17) is 9.84 Å². The van der Waals surface area contributed by atoms with Gasteiger partial charge in [-0.3, -0.25) is 9.48 Å². The zero-order valence-corrected chi connectivity index (χ0v) is 12.7. The van der Waals surface area contributed by atoms with E-state index in [9.17, 15) is 9.59 Å². The van der Waals surface area contributed by atoms with E-state index in [1.807, 2.05) is 17.5 Å². The molecule has 0 saturated carbocycles. The highest BCUT2D eigenvalue weighted by atomic mass is 32.1. The average molecular weight is 321 g/mol. The lowest BCUT2D eigenvalue weighted by Crippen LogP contribution is -2.48. The molecule has 1 fully saturated rings. The zero-order valence-electron chi connectivity index (χ0n) is 11.9. The fourth-order valence-electron chi connectivity index (χ4n) is 2.39. The van der Waals surface area contributed by atoms with Crippen LogP contribution in [-0.2, 0) is 16.6 Å². The highest BCUT2D eigenvalue weighted by Crippen LogP contribution is 2.27. The van der Waals surface area contributed by atoms with Crippen LogP contribution in [0.2, 0.25) is 0 Å². The standard InChI is InChI=1S/C14H15N3O4S/c1-16-7-9(12(15-16)11-3-2-6-22-11)13(18)17-4-5-21-10(8-17)14(19)20/h2-3,6-7,10H,4-5,8H2,1H3,(H,19,20). The van der Waals surface area contributed by atoms with Gasteiger partial charge in [-0.15, -0.1) is 11.3 Å². The van der Waals surface area contributed by atoms with Crippen LogP contribution >= 0.6 is 11.3 Å². The van der Waals surface area contributed by atoms with Crippen molar-refractivity contribution >= 4 is 23.2 Å². The maximum atomic E-state index is 12.7. The first-order valence-electron chi connectivity index (χ1n) is 6.77. The highest BCUT2D eigenvalue weighted by molar-refractivity contribution is 7.13. The second-order valence-electron chi connectivity index (χ2n) is 4.99. The number of rotatable bonds is 3. The van der Waals surface area contributed by atoms with E-state index in [0.29, 0.717) is 17.8 Å². The molecule has 1 unspecified atom stereocenters. The molecule has 0 spiro atoms. The predicted octanol–water partition coefficient (Wildman–Crippen LogP) is 1.07. The van der Waals surface area contributed by atoms with Gasteiger partial charge < -0.3 is 14.7 Å². The molecule has 1 amide bonds. The second-order valence-corrected chi connectivity index (χ2v) is 5.94. The molecule has 0 bridgehead atoms. The molecule has 1 aliphatic heterocycles. The van der Waals surface area contributed by atoms with Gasteiger partial charge in [-0.2, -0.15) is 5.10 Å². The summed E-state index contributed by atoms with van der Waals surface area (Å²) in [7, 11) is 1.76. The lowest BCUT2D eigenvalue weighted by Gasteiger charge is -2.30. The van der Waals surface area contributed by atoms with Gasteiger partial charge in [-0.05, 0) is 11.4 Å². The minimum atomic E-state index is -1.05. The third-order valence-corrected chi connectivity index (χ3v) is 4.32. The molecule has 1 N–H and O–H groups in total. The second kappa shape index (κ2) is 5.90. The number of carboxylic acids is 1. The van der Waals surface area contributed by atoms with Gasteiger partial charge in [-0.25, -0.2) is 4.79 Å². The van der Waals surface area contributed by atoms with Crippen molar-refractivity contribution in [3.63, 3.8) is 0 Å². The molecule has 116 valence electrons. The normalized spacial score (nSPS) is 18.4. The molecule has 3 heterocycles. The minimum absolute atomic E-state index is 0.0486. The molecule has 2 aromatic heterocycles. The number of aromatic nitrogens is 2. The lowest BCUT2D eigenvalue weighted by atomic mass is 10.1. The molecule has 1 aliphatic rings. The molecule has 8 heteroatoms. The molecule has 2 aromatic rings. The number of hydrogen-bond donors (Lipinski definition) is 1. The molecule has 3 rings (SSSR count). The van der Waals surface area contributed by atoms with Gasteiger partial charge >= 0.3 is 5.97 Å². The van der Waals surface area contributed by atoms with Gasteiger partial charge in [0.25, 0.3) is 5.91 Å². The van der Waals surface area contributed by atoms with Gasteiger partial charge in [0.1, 0.15) is 5.69 Å². The topological polar surface area (TPSA) is 84.7 Å². The molecular weight excluding hydrogens is 306 g/mol. The van der Waals surface area contributed by atoms with E-state index < -0.39 is 12.1 Å². The quantitative estimate of drug-likeness (QED) is 0.914. The van der Waals surface area contributed by atoms with Crippen LogP contribution in [0.25, 0.3) is 10.6 Å². The summed E-state index contributed by atoms with van der Waals surface area (Å²) in [5.41, 5.74) is 1.11. The van der Waals surface area contributed by atoms with Crippen LogP contribution in [0.3, 0.4) is 0 Å². The summed E-state index contributed by atoms with van der Waals surface area (Å²) in [6.45, 7) is 0.644. The van der Waals surface area contributed by atoms with E-state index in [1.54, 1.807) is 17.9 Å². The summed E-state index contributed by atoms with van der Waals surface area (Å²) in [4.78, 5) is 26.2. The van der Waals surface area contributed by atoms with Crippen molar-refractivity contribution in [1.29, 1.82) is 0 Å². The summed E-state index contributed by atoms with van der Waals surface area (Å²) in [5, 5.41) is 15.3. The van der Waals surface area contributed by atoms with Crippen molar-refractivity contribution in [2.45, 2.75) is 6.10 Å². The van der Waals surface area contributed by atoms with E-state index in [2.05, 4.69) is 5.10 Å². The number of aliphatic carboxylic acids is 1. The molecule has 0 radical (unpaired) electrons. The van der Waals surface area contributed by atoms with Crippen LogP contribution in [0, 0.1) is 0 Å². The summed E-state index contributed by atoms with van der Waals surface area (Å²) in [6, 6.07) is 3.81. The highest BCUT2D eigenvalue weighted by Gasteiger charge is 2.31. The Bertz CT molecular complexity index is 695. The summed E-state index contributed by atoms with van der Waals surface area (Å²) in [6.07, 6.45) is 0.697. The monoisotopic (exact) mass is 321 g/mol. The van der Waals surface area contributed by atoms with Crippen molar-refractivity contribution < 1.29 is 19.4 Å². The summed E-state index contributed by atoms with van der Waals surface area (Å²) >= 11 is 1.51. The Morgan fingerprint density at radius 1 is 1.50 bits per heavy atom. The van der Waals surface area contributed by atoms with Gasteiger partial charge in [0.2, 0.25) is 0 Å². The first-order chi connectivity index (χ1) is 10.6. The number of carbonyl (C=O) groups excluding carboxylic acids is 1. The number of amides is 1. The Morgan fingerprint density at radius 2 is 2.32 bits per heavy atom. The van der Waals surface area contributed by atoms with Gasteiger partial charge in [-0.1, -0.05) is 6.07 Å². The number of morpholine rings is 1. The first kappa shape index (κ1) is 14.7. The third-order valence-electron chi connectivity index (χ3n) is 3.44. The maximum Gasteiger partial charge on any atom is 0.334 e. The number of aryl methyl sites for hydroxylation is 1. The number of carbonyl (C=O) groups is 2. The van der Waals surface area contributed by atoms with Gasteiger partial charge in [0.15, 0.2) is 6.10 Å². The van der Waals surface area contributed by atoms with Crippen molar-refractivity contribution in [2.75, 3.05) is 19.7 Å².